The number of pyridine rings is 1. The summed E-state index contributed by atoms with van der Waals surface area (Å²) in [6.07, 6.45) is 2.37. The maximum absolute atomic E-state index is 13.2. The van der Waals surface area contributed by atoms with Gasteiger partial charge in [0.15, 0.2) is 0 Å². The molecule has 3 nitrogen and oxygen atoms in total. The number of hydrogen-bond acceptors (Lipinski definition) is 3. The fourth-order valence-corrected chi connectivity index (χ4v) is 2.16. The first kappa shape index (κ1) is 15.5. The van der Waals surface area contributed by atoms with Gasteiger partial charge in [-0.1, -0.05) is 6.07 Å². The summed E-state index contributed by atoms with van der Waals surface area (Å²) in [5, 5.41) is 0. The predicted octanol–water partition coefficient (Wildman–Crippen LogP) is 2.88. The Hall–Kier alpha value is -1.85. The highest BCUT2D eigenvalue weighted by Gasteiger charge is 2.11. The molecule has 0 saturated carbocycles. The third kappa shape index (κ3) is 4.88. The molecule has 2 rings (SSSR count). The average molecular weight is 291 g/mol. The van der Waals surface area contributed by atoms with Gasteiger partial charge in [0.25, 0.3) is 0 Å². The van der Waals surface area contributed by atoms with E-state index in [0.29, 0.717) is 18.5 Å². The fourth-order valence-electron chi connectivity index (χ4n) is 2.16. The van der Waals surface area contributed by atoms with Gasteiger partial charge in [0, 0.05) is 31.4 Å². The van der Waals surface area contributed by atoms with E-state index < -0.39 is 11.6 Å². The lowest BCUT2D eigenvalue weighted by atomic mass is 10.0. The Labute approximate surface area is 123 Å². The van der Waals surface area contributed by atoms with Gasteiger partial charge in [0.2, 0.25) is 0 Å². The van der Waals surface area contributed by atoms with Crippen LogP contribution in [0.15, 0.2) is 42.6 Å². The average Bonchev–Trinajstić information content (AvgIpc) is 2.45. The first-order valence-electron chi connectivity index (χ1n) is 6.84. The summed E-state index contributed by atoms with van der Waals surface area (Å²) in [5.74, 6) is -1.19. The minimum Gasteiger partial charge on any atom is -0.324 e. The van der Waals surface area contributed by atoms with Crippen LogP contribution in [0.3, 0.4) is 0 Å². The van der Waals surface area contributed by atoms with E-state index in [0.717, 1.165) is 18.3 Å². The molecule has 1 aromatic carbocycles. The Morgan fingerprint density at radius 1 is 1.19 bits per heavy atom. The molecule has 1 unspecified atom stereocenters. The zero-order chi connectivity index (χ0) is 15.2. The van der Waals surface area contributed by atoms with Crippen molar-refractivity contribution in [1.82, 2.24) is 9.88 Å². The third-order valence-corrected chi connectivity index (χ3v) is 3.29. The van der Waals surface area contributed by atoms with Crippen LogP contribution in [0, 0.1) is 11.6 Å². The number of aromatic nitrogens is 1. The highest BCUT2D eigenvalue weighted by molar-refractivity contribution is 5.21. The maximum atomic E-state index is 13.2. The Kier molecular flexibility index (Phi) is 5.36. The van der Waals surface area contributed by atoms with Crippen molar-refractivity contribution in [3.05, 3.63) is 65.5 Å². The maximum Gasteiger partial charge on any atom is 0.126 e. The van der Waals surface area contributed by atoms with E-state index in [1.54, 1.807) is 6.20 Å². The summed E-state index contributed by atoms with van der Waals surface area (Å²) >= 11 is 0. The van der Waals surface area contributed by atoms with E-state index in [1.807, 2.05) is 25.2 Å². The van der Waals surface area contributed by atoms with Crippen molar-refractivity contribution in [1.29, 1.82) is 0 Å². The second-order valence-electron chi connectivity index (χ2n) is 5.16. The number of rotatable bonds is 6. The van der Waals surface area contributed by atoms with Crippen LogP contribution in [0.1, 0.15) is 23.7 Å². The van der Waals surface area contributed by atoms with Crippen molar-refractivity contribution in [2.24, 2.45) is 5.73 Å². The summed E-state index contributed by atoms with van der Waals surface area (Å²) in [4.78, 5) is 6.34. The molecule has 1 heterocycles. The Morgan fingerprint density at radius 3 is 2.52 bits per heavy atom. The Bertz CT molecular complexity index is 555. The van der Waals surface area contributed by atoms with Crippen LogP contribution >= 0.6 is 0 Å². The lowest BCUT2D eigenvalue weighted by Gasteiger charge is -2.19. The van der Waals surface area contributed by atoms with Crippen molar-refractivity contribution in [2.45, 2.75) is 19.0 Å². The van der Waals surface area contributed by atoms with Crippen LogP contribution in [0.2, 0.25) is 0 Å². The molecule has 1 atom stereocenters. The van der Waals surface area contributed by atoms with Crippen LogP contribution in [0.4, 0.5) is 8.78 Å². The first-order valence-corrected chi connectivity index (χ1v) is 6.84. The predicted molar refractivity (Wildman–Crippen MR) is 78.5 cm³/mol. The van der Waals surface area contributed by atoms with Gasteiger partial charge in [0.1, 0.15) is 11.6 Å². The molecule has 0 fully saturated rings. The number of halogens is 2. The van der Waals surface area contributed by atoms with Crippen molar-refractivity contribution < 1.29 is 8.78 Å². The molecule has 0 aliphatic carbocycles. The number of benzene rings is 1. The van der Waals surface area contributed by atoms with Crippen LogP contribution in [-0.4, -0.2) is 23.5 Å². The number of nitrogens with zero attached hydrogens (tertiary/aromatic N) is 2. The molecule has 1 aromatic heterocycles. The normalized spacial score (nSPS) is 12.6. The minimum atomic E-state index is -0.595. The van der Waals surface area contributed by atoms with Gasteiger partial charge in [-0.2, -0.15) is 0 Å². The summed E-state index contributed by atoms with van der Waals surface area (Å²) in [6, 6.07) is 8.80. The van der Waals surface area contributed by atoms with Gasteiger partial charge in [-0.05, 0) is 43.3 Å². The SMILES string of the molecule is CN(CCC(N)c1cc(F)cc(F)c1)Cc1ccccn1. The number of nitrogens with two attached hydrogens (primary N) is 1. The summed E-state index contributed by atoms with van der Waals surface area (Å²) < 4.78 is 26.3. The van der Waals surface area contributed by atoms with Gasteiger partial charge < -0.3 is 10.6 Å². The quantitative estimate of drug-likeness (QED) is 0.890. The van der Waals surface area contributed by atoms with E-state index in [-0.39, 0.29) is 6.04 Å². The molecule has 112 valence electrons. The van der Waals surface area contributed by atoms with Gasteiger partial charge in [-0.15, -0.1) is 0 Å². The summed E-state index contributed by atoms with van der Waals surface area (Å²) in [7, 11) is 1.97. The monoisotopic (exact) mass is 291 g/mol. The molecule has 21 heavy (non-hydrogen) atoms. The largest absolute Gasteiger partial charge is 0.324 e. The van der Waals surface area contributed by atoms with E-state index in [1.165, 1.54) is 12.1 Å². The molecular weight excluding hydrogens is 272 g/mol. The van der Waals surface area contributed by atoms with Crippen LogP contribution < -0.4 is 5.73 Å². The zero-order valence-electron chi connectivity index (χ0n) is 12.0. The molecule has 0 aliphatic heterocycles. The van der Waals surface area contributed by atoms with E-state index in [9.17, 15) is 8.78 Å². The molecule has 5 heteroatoms. The Morgan fingerprint density at radius 2 is 1.90 bits per heavy atom. The molecule has 0 aliphatic rings. The molecule has 2 aromatic rings. The first-order chi connectivity index (χ1) is 10.0. The van der Waals surface area contributed by atoms with Crippen molar-refractivity contribution in [3.63, 3.8) is 0 Å². The van der Waals surface area contributed by atoms with Crippen LogP contribution in [-0.2, 0) is 6.54 Å². The highest BCUT2D eigenvalue weighted by Crippen LogP contribution is 2.17. The Balaban J connectivity index is 1.87. The molecular formula is C16H19F2N3. The van der Waals surface area contributed by atoms with E-state index >= 15 is 0 Å². The molecule has 0 amide bonds. The fraction of sp³-hybridized carbons (Fsp3) is 0.312. The standard InChI is InChI=1S/C16H19F2N3/c1-21(11-15-4-2-3-6-20-15)7-5-16(19)12-8-13(17)10-14(18)9-12/h2-4,6,8-10,16H,5,7,11,19H2,1H3. The second-order valence-corrected chi connectivity index (χ2v) is 5.16. The third-order valence-electron chi connectivity index (χ3n) is 3.29. The van der Waals surface area contributed by atoms with Gasteiger partial charge in [-0.3, -0.25) is 4.98 Å². The molecule has 0 spiro atoms. The topological polar surface area (TPSA) is 42.1 Å². The molecule has 0 saturated heterocycles. The highest BCUT2D eigenvalue weighted by atomic mass is 19.1. The van der Waals surface area contributed by atoms with Crippen LogP contribution in [0.25, 0.3) is 0 Å². The minimum absolute atomic E-state index is 0.388. The number of hydrogen-bond donors (Lipinski definition) is 1. The lowest BCUT2D eigenvalue weighted by molar-refractivity contribution is 0.308. The van der Waals surface area contributed by atoms with Crippen LogP contribution in [0.5, 0.6) is 0 Å². The molecule has 0 radical (unpaired) electrons. The molecule has 0 bridgehead atoms. The van der Waals surface area contributed by atoms with Gasteiger partial charge >= 0.3 is 0 Å². The van der Waals surface area contributed by atoms with Crippen molar-refractivity contribution >= 4 is 0 Å². The van der Waals surface area contributed by atoms with Crippen molar-refractivity contribution in [2.75, 3.05) is 13.6 Å². The van der Waals surface area contributed by atoms with Gasteiger partial charge in [-0.25, -0.2) is 8.78 Å². The zero-order valence-corrected chi connectivity index (χ0v) is 12.0. The lowest BCUT2D eigenvalue weighted by Crippen LogP contribution is -2.24. The molecule has 2 N–H and O–H groups in total. The van der Waals surface area contributed by atoms with E-state index in [2.05, 4.69) is 9.88 Å². The smallest absolute Gasteiger partial charge is 0.126 e. The second kappa shape index (κ2) is 7.24. The van der Waals surface area contributed by atoms with Crippen molar-refractivity contribution in [3.8, 4) is 0 Å². The van der Waals surface area contributed by atoms with E-state index in [4.69, 9.17) is 5.73 Å². The van der Waals surface area contributed by atoms with Gasteiger partial charge in [0.05, 0.1) is 5.69 Å². The summed E-state index contributed by atoms with van der Waals surface area (Å²) in [6.45, 7) is 1.43. The summed E-state index contributed by atoms with van der Waals surface area (Å²) in [5.41, 5.74) is 7.46.